The Balaban J connectivity index is 1.60. The fraction of sp³-hybridized carbons (Fsp3) is 0.300. The first-order chi connectivity index (χ1) is 19.2. The molecule has 10 heteroatoms. The third-order valence-electron chi connectivity index (χ3n) is 8.29. The van der Waals surface area contributed by atoms with Gasteiger partial charge in [0.05, 0.1) is 43.2 Å². The Kier molecular flexibility index (Phi) is 6.44. The summed E-state index contributed by atoms with van der Waals surface area (Å²) in [5.41, 5.74) is -1.19. The molecule has 1 aliphatic heterocycles. The maximum absolute atomic E-state index is 14.4. The van der Waals surface area contributed by atoms with Crippen LogP contribution in [0.3, 0.4) is 0 Å². The van der Waals surface area contributed by atoms with E-state index >= 15 is 0 Å². The SMILES string of the molecule is COc1cncc2c1[C@]1(O)[C@H](O)[C@H](C(=O)N(C)Cc3ccnn3C)[C@@H](c3ccccc3)C1(c1ccc(Br)cc1)O2. The predicted octanol–water partition coefficient (Wildman–Crippen LogP) is 3.49. The molecule has 206 valence electrons. The van der Waals surface area contributed by atoms with E-state index in [0.717, 1.165) is 15.7 Å². The van der Waals surface area contributed by atoms with E-state index in [2.05, 4.69) is 26.0 Å². The first-order valence-corrected chi connectivity index (χ1v) is 13.7. The van der Waals surface area contributed by atoms with Crippen molar-refractivity contribution >= 4 is 21.8 Å². The number of aryl methyl sites for hydroxylation is 1. The number of ether oxygens (including phenoxy) is 2. The number of hydrogen-bond acceptors (Lipinski definition) is 7. The third kappa shape index (κ3) is 3.63. The summed E-state index contributed by atoms with van der Waals surface area (Å²) >= 11 is 3.50. The van der Waals surface area contributed by atoms with Crippen molar-refractivity contribution in [1.82, 2.24) is 19.7 Å². The highest BCUT2D eigenvalue weighted by atomic mass is 79.9. The van der Waals surface area contributed by atoms with Crippen LogP contribution >= 0.6 is 15.9 Å². The van der Waals surface area contributed by atoms with E-state index in [1.54, 1.807) is 22.8 Å². The number of carbonyl (C=O) groups excluding carboxylic acids is 1. The summed E-state index contributed by atoms with van der Waals surface area (Å²) in [6.45, 7) is 0.272. The second-order valence-electron chi connectivity index (χ2n) is 10.3. The number of aliphatic hydroxyl groups is 2. The number of aromatic nitrogens is 3. The van der Waals surface area contributed by atoms with Crippen LogP contribution in [0.5, 0.6) is 11.5 Å². The Morgan fingerprint density at radius 1 is 1.15 bits per heavy atom. The van der Waals surface area contributed by atoms with Crippen molar-refractivity contribution in [2.75, 3.05) is 14.2 Å². The number of methoxy groups -OCH3 is 1. The quantitative estimate of drug-likeness (QED) is 0.347. The van der Waals surface area contributed by atoms with Crippen LogP contribution in [0.15, 0.2) is 83.7 Å². The van der Waals surface area contributed by atoms with E-state index in [0.29, 0.717) is 11.3 Å². The van der Waals surface area contributed by atoms with Crippen molar-refractivity contribution in [3.8, 4) is 11.5 Å². The van der Waals surface area contributed by atoms with Gasteiger partial charge in [0.25, 0.3) is 0 Å². The molecule has 2 N–H and O–H groups in total. The molecule has 2 aromatic carbocycles. The van der Waals surface area contributed by atoms with Gasteiger partial charge in [0.1, 0.15) is 17.6 Å². The summed E-state index contributed by atoms with van der Waals surface area (Å²) in [5.74, 6) is -1.63. The molecule has 0 bridgehead atoms. The lowest BCUT2D eigenvalue weighted by atomic mass is 9.70. The van der Waals surface area contributed by atoms with E-state index in [9.17, 15) is 15.0 Å². The van der Waals surface area contributed by atoms with Crippen molar-refractivity contribution in [3.05, 3.63) is 106 Å². The third-order valence-corrected chi connectivity index (χ3v) is 8.82. The van der Waals surface area contributed by atoms with Gasteiger partial charge in [0, 0.05) is 30.7 Å². The second kappa shape index (κ2) is 9.72. The molecule has 5 atom stereocenters. The minimum atomic E-state index is -2.06. The van der Waals surface area contributed by atoms with Gasteiger partial charge in [-0.1, -0.05) is 58.4 Å². The highest BCUT2D eigenvalue weighted by Crippen LogP contribution is 2.69. The van der Waals surface area contributed by atoms with Crippen LogP contribution in [-0.2, 0) is 29.6 Å². The minimum Gasteiger partial charge on any atom is -0.495 e. The molecule has 0 radical (unpaired) electrons. The van der Waals surface area contributed by atoms with Crippen LogP contribution in [0.1, 0.15) is 28.3 Å². The Morgan fingerprint density at radius 2 is 1.88 bits per heavy atom. The molecule has 0 saturated heterocycles. The molecule has 4 aromatic rings. The van der Waals surface area contributed by atoms with Crippen molar-refractivity contribution < 1.29 is 24.5 Å². The average molecular weight is 605 g/mol. The average Bonchev–Trinajstić information content (AvgIpc) is 3.55. The molecule has 2 aromatic heterocycles. The molecule has 40 heavy (non-hydrogen) atoms. The Morgan fingerprint density at radius 3 is 2.52 bits per heavy atom. The molecule has 1 unspecified atom stereocenters. The number of rotatable bonds is 6. The van der Waals surface area contributed by atoms with Gasteiger partial charge in [-0.05, 0) is 29.3 Å². The van der Waals surface area contributed by atoms with Crippen LogP contribution in [0.2, 0.25) is 0 Å². The smallest absolute Gasteiger partial charge is 0.229 e. The molecular formula is C30H29BrN4O5. The second-order valence-corrected chi connectivity index (χ2v) is 11.2. The minimum absolute atomic E-state index is 0.265. The zero-order chi connectivity index (χ0) is 28.2. The lowest BCUT2D eigenvalue weighted by Crippen LogP contribution is -2.52. The van der Waals surface area contributed by atoms with Crippen LogP contribution in [0.25, 0.3) is 0 Å². The Labute approximate surface area is 240 Å². The number of aliphatic hydroxyl groups excluding tert-OH is 1. The maximum atomic E-state index is 14.4. The summed E-state index contributed by atoms with van der Waals surface area (Å²) in [6, 6.07) is 18.7. The van der Waals surface area contributed by atoms with Gasteiger partial charge in [-0.2, -0.15) is 5.10 Å². The van der Waals surface area contributed by atoms with Crippen LogP contribution in [-0.4, -0.2) is 56.0 Å². The number of benzene rings is 2. The van der Waals surface area contributed by atoms with E-state index < -0.39 is 29.1 Å². The Hall–Kier alpha value is -3.73. The Bertz CT molecular complexity index is 1560. The molecule has 9 nitrogen and oxygen atoms in total. The summed E-state index contributed by atoms with van der Waals surface area (Å²) in [5, 5.41) is 29.3. The van der Waals surface area contributed by atoms with Gasteiger partial charge < -0.3 is 24.6 Å². The van der Waals surface area contributed by atoms with Gasteiger partial charge in [-0.3, -0.25) is 14.5 Å². The zero-order valence-corrected chi connectivity index (χ0v) is 23.8. The molecule has 3 heterocycles. The number of carbonyl (C=O) groups is 1. The molecule has 1 aliphatic carbocycles. The van der Waals surface area contributed by atoms with Gasteiger partial charge in [-0.25, -0.2) is 0 Å². The number of pyridine rings is 1. The number of fused-ring (bicyclic) bond motifs is 3. The van der Waals surface area contributed by atoms with Gasteiger partial charge >= 0.3 is 0 Å². The molecule has 0 spiro atoms. The van der Waals surface area contributed by atoms with Crippen LogP contribution in [0, 0.1) is 5.92 Å². The summed E-state index contributed by atoms with van der Waals surface area (Å²) in [4.78, 5) is 20.2. The monoisotopic (exact) mass is 604 g/mol. The van der Waals surface area contributed by atoms with Gasteiger partial charge in [0.15, 0.2) is 11.2 Å². The van der Waals surface area contributed by atoms with E-state index in [1.165, 1.54) is 19.5 Å². The highest BCUT2D eigenvalue weighted by Gasteiger charge is 2.78. The topological polar surface area (TPSA) is 110 Å². The number of nitrogens with zero attached hydrogens (tertiary/aromatic N) is 4. The van der Waals surface area contributed by atoms with Gasteiger partial charge in [-0.15, -0.1) is 0 Å². The van der Waals surface area contributed by atoms with Crippen molar-refractivity contribution in [3.63, 3.8) is 0 Å². The summed E-state index contributed by atoms with van der Waals surface area (Å²) < 4.78 is 14.9. The molecular weight excluding hydrogens is 576 g/mol. The molecule has 1 fully saturated rings. The normalized spacial score (nSPS) is 26.6. The standard InChI is InChI=1S/C30H29BrN4O5/c1-34(17-21-13-14-33-35(21)2)28(37)24-25(18-7-5-4-6-8-18)30(19-9-11-20(31)12-10-19)29(38,27(24)36)26-22(39-3)15-32-16-23(26)40-30/h4-16,24-25,27,36,38H,17H2,1-3H3/t24-,25-,27-,29+,30?/m1/s1. The maximum Gasteiger partial charge on any atom is 0.229 e. The van der Waals surface area contributed by atoms with Crippen LogP contribution < -0.4 is 9.47 Å². The van der Waals surface area contributed by atoms with Crippen molar-refractivity contribution in [2.45, 2.75) is 29.8 Å². The van der Waals surface area contributed by atoms with Crippen LogP contribution in [0.4, 0.5) is 0 Å². The molecule has 1 saturated carbocycles. The number of halogens is 1. The van der Waals surface area contributed by atoms with Gasteiger partial charge in [0.2, 0.25) is 5.91 Å². The molecule has 1 amide bonds. The first-order valence-electron chi connectivity index (χ1n) is 12.9. The summed E-state index contributed by atoms with van der Waals surface area (Å²) in [6.07, 6.45) is 3.10. The molecule has 6 rings (SSSR count). The predicted molar refractivity (Wildman–Crippen MR) is 149 cm³/mol. The number of hydrogen-bond donors (Lipinski definition) is 2. The van der Waals surface area contributed by atoms with Crippen molar-refractivity contribution in [1.29, 1.82) is 0 Å². The lowest BCUT2D eigenvalue weighted by Gasteiger charge is -2.41. The fourth-order valence-corrected chi connectivity index (χ4v) is 6.76. The largest absolute Gasteiger partial charge is 0.495 e. The van der Waals surface area contributed by atoms with Crippen molar-refractivity contribution in [2.24, 2.45) is 13.0 Å². The lowest BCUT2D eigenvalue weighted by molar-refractivity contribution is -0.156. The fourth-order valence-electron chi connectivity index (χ4n) is 6.50. The van der Waals surface area contributed by atoms with E-state index in [1.807, 2.05) is 67.7 Å². The van der Waals surface area contributed by atoms with E-state index in [4.69, 9.17) is 9.47 Å². The first kappa shape index (κ1) is 26.5. The van der Waals surface area contributed by atoms with E-state index in [-0.39, 0.29) is 23.8 Å². The zero-order valence-electron chi connectivity index (χ0n) is 22.2. The number of amides is 1. The molecule has 2 aliphatic rings. The summed E-state index contributed by atoms with van der Waals surface area (Å²) in [7, 11) is 4.97. The highest BCUT2D eigenvalue weighted by molar-refractivity contribution is 9.10.